The number of ether oxygens (including phenoxy) is 1. The minimum Gasteiger partial charge on any atom is -0.444 e. The molecule has 2 aromatic rings. The average Bonchev–Trinajstić information content (AvgIpc) is 3.90. The highest BCUT2D eigenvalue weighted by Crippen LogP contribution is 2.47. The van der Waals surface area contributed by atoms with Crippen LogP contribution in [0.3, 0.4) is 0 Å². The lowest BCUT2D eigenvalue weighted by atomic mass is 10.0. The molecule has 3 heterocycles. The van der Waals surface area contributed by atoms with E-state index in [1.807, 2.05) is 6.08 Å². The Bertz CT molecular complexity index is 1970. The molecular weight excluding hydrogens is 715 g/mol. The molecule has 3 aliphatic heterocycles. The second-order valence-corrected chi connectivity index (χ2v) is 17.2. The van der Waals surface area contributed by atoms with E-state index in [-0.39, 0.29) is 44.6 Å². The molecule has 2 aromatic carbocycles. The van der Waals surface area contributed by atoms with E-state index in [0.717, 1.165) is 18.6 Å². The highest BCUT2D eigenvalue weighted by atomic mass is 32.2. The first kappa shape index (κ1) is 36.7. The SMILES string of the molecule is CC1(S(=O)(=O)NC(=O)[C@@]23C[C@H]2/C=C\CCCCC[C@H](Nc2ccc(F)c(F)c2)C(=O)N2C[C@H](OC(=O)N4Cc5cccc(F)c5C4)C[C@H]2C(=O)N3)CC1. The van der Waals surface area contributed by atoms with Crippen molar-refractivity contribution < 1.29 is 45.5 Å². The van der Waals surface area contributed by atoms with Gasteiger partial charge in [-0.1, -0.05) is 37.1 Å². The fourth-order valence-corrected chi connectivity index (χ4v) is 8.77. The third-order valence-electron chi connectivity index (χ3n) is 11.2. The third kappa shape index (κ3) is 7.34. The summed E-state index contributed by atoms with van der Waals surface area (Å²) >= 11 is 0. The number of sulfonamides is 1. The van der Waals surface area contributed by atoms with E-state index < -0.39 is 85.7 Å². The van der Waals surface area contributed by atoms with Crippen LogP contribution in [0.1, 0.15) is 75.8 Å². The van der Waals surface area contributed by atoms with Crippen molar-refractivity contribution in [2.75, 3.05) is 11.9 Å². The number of halogens is 3. The number of fused-ring (bicyclic) bond motifs is 3. The second kappa shape index (κ2) is 14.0. The minimum absolute atomic E-state index is 0.0190. The number of amides is 4. The van der Waals surface area contributed by atoms with Gasteiger partial charge in [-0.05, 0) is 69.2 Å². The van der Waals surface area contributed by atoms with E-state index in [1.165, 1.54) is 21.9 Å². The number of nitrogens with one attached hydrogen (secondary N) is 3. The number of nitrogens with zero attached hydrogens (tertiary/aromatic N) is 2. The zero-order chi connectivity index (χ0) is 37.7. The van der Waals surface area contributed by atoms with Gasteiger partial charge in [-0.2, -0.15) is 0 Å². The van der Waals surface area contributed by atoms with Gasteiger partial charge in [-0.15, -0.1) is 0 Å². The number of hydrogen-bond acceptors (Lipinski definition) is 8. The summed E-state index contributed by atoms with van der Waals surface area (Å²) in [5.74, 6) is -5.29. The van der Waals surface area contributed by atoms with Crippen LogP contribution in [0.5, 0.6) is 0 Å². The Morgan fingerprint density at radius 3 is 2.53 bits per heavy atom. The Kier molecular flexibility index (Phi) is 9.70. The third-order valence-corrected chi connectivity index (χ3v) is 13.3. The van der Waals surface area contributed by atoms with Crippen molar-refractivity contribution in [1.29, 1.82) is 0 Å². The Labute approximate surface area is 305 Å². The van der Waals surface area contributed by atoms with Crippen LogP contribution in [0.2, 0.25) is 0 Å². The Morgan fingerprint density at radius 1 is 1.00 bits per heavy atom. The number of hydrogen-bond donors (Lipinski definition) is 3. The maximum Gasteiger partial charge on any atom is 0.410 e. The summed E-state index contributed by atoms with van der Waals surface area (Å²) in [7, 11) is -4.04. The molecule has 284 valence electrons. The van der Waals surface area contributed by atoms with Gasteiger partial charge in [0.05, 0.1) is 17.8 Å². The number of carbonyl (C=O) groups excluding carboxylic acids is 4. The molecule has 0 aromatic heterocycles. The number of benzene rings is 2. The van der Waals surface area contributed by atoms with E-state index in [0.29, 0.717) is 43.2 Å². The molecule has 53 heavy (non-hydrogen) atoms. The van der Waals surface area contributed by atoms with Crippen molar-refractivity contribution in [3.63, 3.8) is 0 Å². The average molecular weight is 758 g/mol. The Balaban J connectivity index is 1.16. The van der Waals surface area contributed by atoms with Crippen LogP contribution in [0.4, 0.5) is 23.7 Å². The first-order valence-corrected chi connectivity index (χ1v) is 19.5. The standard InChI is InChI=1S/C37H42F3N5O7S/c1-36(14-15-36)53(50,51)43-34(48)37-18-23(37)9-5-3-2-4-6-11-30(41-24-12-13-28(39)29(40)16-24)33(47)45-20-25(17-31(45)32(46)42-37)52-35(49)44-19-22-8-7-10-27(38)26(22)21-44/h5,7-10,12-13,16,23,25,30-31,41H,2-4,6,11,14-15,17-21H2,1H3,(H,42,46)(H,43,48)/b9-5-/t23-,25-,30+,31+,37-/m1/s1. The molecule has 0 spiro atoms. The summed E-state index contributed by atoms with van der Waals surface area (Å²) in [6, 6.07) is 5.50. The fourth-order valence-electron chi connectivity index (χ4n) is 7.46. The van der Waals surface area contributed by atoms with E-state index in [1.54, 1.807) is 25.1 Å². The first-order valence-electron chi connectivity index (χ1n) is 18.0. The molecule has 0 bridgehead atoms. The van der Waals surface area contributed by atoms with Crippen molar-refractivity contribution in [1.82, 2.24) is 19.8 Å². The summed E-state index contributed by atoms with van der Waals surface area (Å²) in [6.45, 7) is 1.43. The van der Waals surface area contributed by atoms with Crippen molar-refractivity contribution >= 4 is 39.5 Å². The molecule has 4 amide bonds. The summed E-state index contributed by atoms with van der Waals surface area (Å²) < 4.78 is 75.4. The molecular formula is C37H42F3N5O7S. The lowest BCUT2D eigenvalue weighted by Crippen LogP contribution is -2.58. The summed E-state index contributed by atoms with van der Waals surface area (Å²) in [5, 5.41) is 5.78. The topological polar surface area (TPSA) is 154 Å². The molecule has 0 radical (unpaired) electrons. The van der Waals surface area contributed by atoms with Crippen LogP contribution in [-0.2, 0) is 42.2 Å². The molecule has 1 saturated heterocycles. The quantitative estimate of drug-likeness (QED) is 0.367. The lowest BCUT2D eigenvalue weighted by molar-refractivity contribution is -0.140. The zero-order valence-corrected chi connectivity index (χ0v) is 30.0. The molecule has 0 unspecified atom stereocenters. The fraction of sp³-hybridized carbons (Fsp3) is 0.514. The van der Waals surface area contributed by atoms with Gasteiger partial charge < -0.3 is 20.3 Å². The summed E-state index contributed by atoms with van der Waals surface area (Å²) in [5.41, 5.74) is -0.437. The molecule has 3 fully saturated rings. The van der Waals surface area contributed by atoms with Crippen LogP contribution in [0.15, 0.2) is 48.6 Å². The molecule has 12 nitrogen and oxygen atoms in total. The maximum atomic E-state index is 14.4. The minimum atomic E-state index is -4.04. The van der Waals surface area contributed by atoms with Crippen LogP contribution in [0.25, 0.3) is 0 Å². The molecule has 2 saturated carbocycles. The second-order valence-electron chi connectivity index (χ2n) is 15.0. The van der Waals surface area contributed by atoms with Gasteiger partial charge in [0.25, 0.3) is 5.91 Å². The number of anilines is 1. The van der Waals surface area contributed by atoms with Crippen LogP contribution < -0.4 is 15.4 Å². The van der Waals surface area contributed by atoms with Crippen LogP contribution >= 0.6 is 0 Å². The molecule has 7 rings (SSSR count). The largest absolute Gasteiger partial charge is 0.444 e. The number of rotatable bonds is 6. The lowest BCUT2D eigenvalue weighted by Gasteiger charge is -2.30. The Morgan fingerprint density at radius 2 is 1.79 bits per heavy atom. The van der Waals surface area contributed by atoms with Crippen LogP contribution in [-0.4, -0.2) is 77.1 Å². The molecule has 16 heteroatoms. The van der Waals surface area contributed by atoms with E-state index in [2.05, 4.69) is 15.4 Å². The maximum absolute atomic E-state index is 14.4. The van der Waals surface area contributed by atoms with E-state index in [4.69, 9.17) is 4.74 Å². The highest BCUT2D eigenvalue weighted by Gasteiger charge is 2.63. The molecule has 2 aliphatic carbocycles. The van der Waals surface area contributed by atoms with Gasteiger partial charge in [0, 0.05) is 36.2 Å². The van der Waals surface area contributed by atoms with Gasteiger partial charge >= 0.3 is 6.09 Å². The van der Waals surface area contributed by atoms with Crippen molar-refractivity contribution in [2.24, 2.45) is 5.92 Å². The van der Waals surface area contributed by atoms with Gasteiger partial charge in [0.2, 0.25) is 21.8 Å². The van der Waals surface area contributed by atoms with Gasteiger partial charge in [-0.25, -0.2) is 26.4 Å². The molecule has 5 aliphatic rings. The molecule has 5 atom stereocenters. The van der Waals surface area contributed by atoms with Crippen LogP contribution in [0, 0.1) is 23.4 Å². The van der Waals surface area contributed by atoms with Crippen molar-refractivity contribution in [3.05, 3.63) is 77.1 Å². The van der Waals surface area contributed by atoms with E-state index in [9.17, 15) is 40.8 Å². The molecule has 3 N–H and O–H groups in total. The Hall–Kier alpha value is -4.60. The predicted octanol–water partition coefficient (Wildman–Crippen LogP) is 4.40. The van der Waals surface area contributed by atoms with Crippen molar-refractivity contribution in [3.8, 4) is 0 Å². The first-order chi connectivity index (χ1) is 25.2. The van der Waals surface area contributed by atoms with Gasteiger partial charge in [0.15, 0.2) is 11.6 Å². The highest BCUT2D eigenvalue weighted by molar-refractivity contribution is 7.91. The summed E-state index contributed by atoms with van der Waals surface area (Å²) in [4.78, 5) is 58.3. The zero-order valence-electron chi connectivity index (χ0n) is 29.2. The van der Waals surface area contributed by atoms with Gasteiger partial charge in [0.1, 0.15) is 29.5 Å². The monoisotopic (exact) mass is 757 g/mol. The number of carbonyl (C=O) groups is 4. The smallest absolute Gasteiger partial charge is 0.410 e. The normalized spacial score (nSPS) is 28.7. The van der Waals surface area contributed by atoms with E-state index >= 15 is 0 Å². The van der Waals surface area contributed by atoms with Crippen molar-refractivity contribution in [2.45, 2.75) is 106 Å². The summed E-state index contributed by atoms with van der Waals surface area (Å²) in [6.07, 6.45) is 5.68. The van der Waals surface area contributed by atoms with Gasteiger partial charge in [-0.3, -0.25) is 24.0 Å². The predicted molar refractivity (Wildman–Crippen MR) is 186 cm³/mol. The number of allylic oxidation sites excluding steroid dienone is 1.